The molecule has 0 spiro atoms. The lowest BCUT2D eigenvalue weighted by Crippen LogP contribution is -2.43. The molecular weight excluding hydrogens is 272 g/mol. The van der Waals surface area contributed by atoms with Gasteiger partial charge >= 0.3 is 5.97 Å². The number of amides is 1. The van der Waals surface area contributed by atoms with Gasteiger partial charge in [-0.05, 0) is 6.07 Å². The molecule has 9 nitrogen and oxygen atoms in total. The van der Waals surface area contributed by atoms with Gasteiger partial charge in [0.1, 0.15) is 5.75 Å². The van der Waals surface area contributed by atoms with E-state index in [1.807, 2.05) is 5.32 Å². The Morgan fingerprint density at radius 2 is 2.15 bits per heavy atom. The lowest BCUT2D eigenvalue weighted by molar-refractivity contribution is -0.385. The lowest BCUT2D eigenvalue weighted by atomic mass is 10.1. The van der Waals surface area contributed by atoms with E-state index in [-0.39, 0.29) is 5.75 Å². The molecule has 0 fully saturated rings. The summed E-state index contributed by atoms with van der Waals surface area (Å²) in [5.74, 6) is -2.55. The molecule has 3 N–H and O–H groups in total. The first kappa shape index (κ1) is 15.4. The first-order valence-corrected chi connectivity index (χ1v) is 5.38. The van der Waals surface area contributed by atoms with Crippen LogP contribution in [0, 0.1) is 10.1 Å². The monoisotopic (exact) mass is 284 g/mol. The zero-order valence-electron chi connectivity index (χ0n) is 10.4. The van der Waals surface area contributed by atoms with E-state index >= 15 is 0 Å². The molecule has 0 saturated carbocycles. The van der Waals surface area contributed by atoms with Gasteiger partial charge in [-0.25, -0.2) is 4.79 Å². The SMILES string of the molecule is COc1cccc([N+](=O)[O-])c1C(=O)N[C@@H](CO)C(=O)O. The second-order valence-electron chi connectivity index (χ2n) is 3.66. The minimum Gasteiger partial charge on any atom is -0.496 e. The minimum absolute atomic E-state index is 0.0706. The Labute approximate surface area is 112 Å². The Kier molecular flexibility index (Phi) is 4.98. The van der Waals surface area contributed by atoms with Crippen LogP contribution in [0.3, 0.4) is 0 Å². The van der Waals surface area contributed by atoms with Crippen molar-refractivity contribution < 1.29 is 29.5 Å². The molecule has 0 heterocycles. The van der Waals surface area contributed by atoms with Gasteiger partial charge in [0, 0.05) is 6.07 Å². The van der Waals surface area contributed by atoms with Crippen molar-refractivity contribution in [3.63, 3.8) is 0 Å². The molecule has 1 rings (SSSR count). The van der Waals surface area contributed by atoms with Crippen LogP contribution in [-0.4, -0.2) is 46.8 Å². The number of carbonyl (C=O) groups excluding carboxylic acids is 1. The summed E-state index contributed by atoms with van der Waals surface area (Å²) >= 11 is 0. The molecule has 0 radical (unpaired) electrons. The van der Waals surface area contributed by atoms with E-state index in [0.717, 1.165) is 6.07 Å². The van der Waals surface area contributed by atoms with Gasteiger partial charge in [0.05, 0.1) is 18.6 Å². The van der Waals surface area contributed by atoms with Crippen molar-refractivity contribution in [1.82, 2.24) is 5.32 Å². The number of nitrogens with one attached hydrogen (secondary N) is 1. The number of aliphatic carboxylic acids is 1. The Bertz CT molecular complexity index is 544. The number of carbonyl (C=O) groups is 2. The average molecular weight is 284 g/mol. The standard InChI is InChI=1S/C11H12N2O7/c1-20-8-4-2-3-7(13(18)19)9(8)10(15)12-6(5-14)11(16)17/h2-4,6,14H,5H2,1H3,(H,12,15)(H,16,17)/t6-/m0/s1. The number of methoxy groups -OCH3 is 1. The molecule has 1 amide bonds. The van der Waals surface area contributed by atoms with Gasteiger partial charge in [-0.3, -0.25) is 14.9 Å². The summed E-state index contributed by atoms with van der Waals surface area (Å²) in [6, 6.07) is 2.18. The number of carboxylic acids is 1. The van der Waals surface area contributed by atoms with Crippen molar-refractivity contribution in [2.45, 2.75) is 6.04 Å². The van der Waals surface area contributed by atoms with E-state index in [1.165, 1.54) is 19.2 Å². The molecular formula is C11H12N2O7. The number of benzene rings is 1. The van der Waals surface area contributed by atoms with Crippen LogP contribution in [0.15, 0.2) is 18.2 Å². The summed E-state index contributed by atoms with van der Waals surface area (Å²) in [5, 5.41) is 30.4. The summed E-state index contributed by atoms with van der Waals surface area (Å²) in [6.07, 6.45) is 0. The topological polar surface area (TPSA) is 139 Å². The number of carboxylic acid groups (broad SMARTS) is 1. The van der Waals surface area contributed by atoms with Crippen molar-refractivity contribution >= 4 is 17.6 Å². The number of nitrogens with zero attached hydrogens (tertiary/aromatic N) is 1. The van der Waals surface area contributed by atoms with Crippen molar-refractivity contribution in [1.29, 1.82) is 0 Å². The third-order valence-electron chi connectivity index (χ3n) is 2.43. The first-order valence-electron chi connectivity index (χ1n) is 5.38. The van der Waals surface area contributed by atoms with Crippen LogP contribution in [0.5, 0.6) is 5.75 Å². The van der Waals surface area contributed by atoms with E-state index in [2.05, 4.69) is 0 Å². The fraction of sp³-hybridized carbons (Fsp3) is 0.273. The summed E-state index contributed by atoms with van der Waals surface area (Å²) in [4.78, 5) is 32.8. The minimum atomic E-state index is -1.56. The molecule has 0 aromatic heterocycles. The second kappa shape index (κ2) is 6.48. The highest BCUT2D eigenvalue weighted by Gasteiger charge is 2.28. The zero-order chi connectivity index (χ0) is 15.3. The average Bonchev–Trinajstić information content (AvgIpc) is 2.42. The van der Waals surface area contributed by atoms with E-state index in [4.69, 9.17) is 14.9 Å². The van der Waals surface area contributed by atoms with Gasteiger partial charge in [0.25, 0.3) is 11.6 Å². The molecule has 1 aromatic carbocycles. The van der Waals surface area contributed by atoms with Gasteiger partial charge in [0.2, 0.25) is 0 Å². The van der Waals surface area contributed by atoms with Crippen LogP contribution in [0.2, 0.25) is 0 Å². The number of hydrogen-bond donors (Lipinski definition) is 3. The molecule has 0 aliphatic rings. The largest absolute Gasteiger partial charge is 0.496 e. The summed E-state index contributed by atoms with van der Waals surface area (Å²) in [7, 11) is 1.22. The van der Waals surface area contributed by atoms with E-state index in [9.17, 15) is 19.7 Å². The Hall–Kier alpha value is -2.68. The molecule has 0 aliphatic carbocycles. The van der Waals surface area contributed by atoms with Gasteiger partial charge in [0.15, 0.2) is 11.6 Å². The van der Waals surface area contributed by atoms with Crippen LogP contribution < -0.4 is 10.1 Å². The lowest BCUT2D eigenvalue weighted by Gasteiger charge is -2.13. The van der Waals surface area contributed by atoms with Crippen molar-refractivity contribution in [3.05, 3.63) is 33.9 Å². The predicted molar refractivity (Wildman–Crippen MR) is 65.6 cm³/mol. The van der Waals surface area contributed by atoms with Gasteiger partial charge in [-0.15, -0.1) is 0 Å². The van der Waals surface area contributed by atoms with Gasteiger partial charge in [-0.1, -0.05) is 6.07 Å². The molecule has 108 valence electrons. The Morgan fingerprint density at radius 1 is 1.50 bits per heavy atom. The molecule has 1 aromatic rings. The molecule has 0 aliphatic heterocycles. The van der Waals surface area contributed by atoms with Crippen molar-refractivity contribution in [2.24, 2.45) is 0 Å². The van der Waals surface area contributed by atoms with Gasteiger partial charge < -0.3 is 20.3 Å². The number of aliphatic hydroxyl groups excluding tert-OH is 1. The number of rotatable bonds is 6. The molecule has 0 unspecified atom stereocenters. The van der Waals surface area contributed by atoms with Crippen LogP contribution >= 0.6 is 0 Å². The Morgan fingerprint density at radius 3 is 2.60 bits per heavy atom. The maximum Gasteiger partial charge on any atom is 0.328 e. The van der Waals surface area contributed by atoms with E-state index in [1.54, 1.807) is 0 Å². The summed E-state index contributed by atoms with van der Waals surface area (Å²) in [5.41, 5.74) is -0.927. The highest BCUT2D eigenvalue weighted by molar-refractivity contribution is 6.02. The number of ether oxygens (including phenoxy) is 1. The van der Waals surface area contributed by atoms with Crippen LogP contribution in [0.1, 0.15) is 10.4 Å². The number of hydrogen-bond acceptors (Lipinski definition) is 6. The van der Waals surface area contributed by atoms with Crippen molar-refractivity contribution in [2.75, 3.05) is 13.7 Å². The van der Waals surface area contributed by atoms with Crippen molar-refractivity contribution in [3.8, 4) is 5.75 Å². The summed E-state index contributed by atoms with van der Waals surface area (Å²) < 4.78 is 4.86. The maximum atomic E-state index is 12.0. The zero-order valence-corrected chi connectivity index (χ0v) is 10.4. The van der Waals surface area contributed by atoms with Crippen LogP contribution in [0.4, 0.5) is 5.69 Å². The fourth-order valence-electron chi connectivity index (χ4n) is 1.49. The maximum absolute atomic E-state index is 12.0. The highest BCUT2D eigenvalue weighted by atomic mass is 16.6. The van der Waals surface area contributed by atoms with Crippen LogP contribution in [-0.2, 0) is 4.79 Å². The molecule has 1 atom stereocenters. The third-order valence-corrected chi connectivity index (χ3v) is 2.43. The first-order chi connectivity index (χ1) is 9.42. The number of nitro benzene ring substituents is 1. The molecule has 9 heteroatoms. The smallest absolute Gasteiger partial charge is 0.328 e. The van der Waals surface area contributed by atoms with Crippen LogP contribution in [0.25, 0.3) is 0 Å². The Balaban J connectivity index is 3.20. The predicted octanol–water partition coefficient (Wildman–Crippen LogP) is -0.221. The highest BCUT2D eigenvalue weighted by Crippen LogP contribution is 2.27. The van der Waals surface area contributed by atoms with Gasteiger partial charge in [-0.2, -0.15) is 0 Å². The second-order valence-corrected chi connectivity index (χ2v) is 3.66. The van der Waals surface area contributed by atoms with E-state index in [0.29, 0.717) is 0 Å². The normalized spacial score (nSPS) is 11.5. The molecule has 0 bridgehead atoms. The quantitative estimate of drug-likeness (QED) is 0.484. The number of aliphatic hydroxyl groups is 1. The fourth-order valence-corrected chi connectivity index (χ4v) is 1.49. The number of nitro groups is 1. The van der Waals surface area contributed by atoms with E-state index < -0.39 is 40.7 Å². The molecule has 20 heavy (non-hydrogen) atoms. The third kappa shape index (κ3) is 3.20. The summed E-state index contributed by atoms with van der Waals surface area (Å²) in [6.45, 7) is -0.843. The molecule has 0 saturated heterocycles.